The lowest BCUT2D eigenvalue weighted by atomic mass is 9.97. The van der Waals surface area contributed by atoms with Gasteiger partial charge in [-0.3, -0.25) is 14.4 Å². The number of rotatable bonds is 13. The van der Waals surface area contributed by atoms with Gasteiger partial charge in [-0.15, -0.1) is 23.2 Å². The number of carbonyl (C=O) groups excluding carboxylic acids is 3. The molecule has 1 N–H and O–H groups in total. The van der Waals surface area contributed by atoms with E-state index in [0.717, 1.165) is 36.0 Å². The summed E-state index contributed by atoms with van der Waals surface area (Å²) in [6.45, 7) is 0. The number of ketones is 2. The van der Waals surface area contributed by atoms with E-state index in [1.807, 2.05) is 0 Å². The molecule has 1 fully saturated rings. The highest BCUT2D eigenvalue weighted by Gasteiger charge is 2.67. The summed E-state index contributed by atoms with van der Waals surface area (Å²) in [4.78, 5) is 38.5. The highest BCUT2D eigenvalue weighted by atomic mass is 35.5. The second kappa shape index (κ2) is 15.1. The van der Waals surface area contributed by atoms with Crippen molar-refractivity contribution in [2.24, 2.45) is 5.92 Å². The number of hydrogen-bond donors (Lipinski definition) is 1. The molecule has 0 radical (unpaired) electrons. The molecule has 17 heteroatoms. The molecule has 0 unspecified atom stereocenters. The Morgan fingerprint density at radius 2 is 1.53 bits per heavy atom. The van der Waals surface area contributed by atoms with E-state index < -0.39 is 93.8 Å². The molecular weight excluding hydrogens is 756 g/mol. The molecule has 49 heavy (non-hydrogen) atoms. The third-order valence-electron chi connectivity index (χ3n) is 7.57. The molecule has 2 atom stereocenters. The van der Waals surface area contributed by atoms with E-state index in [0.29, 0.717) is 12.1 Å². The van der Waals surface area contributed by atoms with Crippen LogP contribution in [-0.2, 0) is 28.6 Å². The third kappa shape index (κ3) is 9.65. The van der Waals surface area contributed by atoms with Crippen molar-refractivity contribution in [2.45, 2.75) is 48.3 Å². The van der Waals surface area contributed by atoms with Gasteiger partial charge in [0.15, 0.2) is 5.78 Å². The van der Waals surface area contributed by atoms with Crippen molar-refractivity contribution in [1.82, 2.24) is 0 Å². The lowest BCUT2D eigenvalue weighted by Gasteiger charge is -2.12. The Balaban J connectivity index is 1.43. The van der Waals surface area contributed by atoms with Crippen molar-refractivity contribution < 1.29 is 53.9 Å². The van der Waals surface area contributed by atoms with Crippen LogP contribution in [0, 0.1) is 23.4 Å². The largest absolute Gasteiger partial charge is 0.419 e. The predicted molar refractivity (Wildman–Crippen MR) is 168 cm³/mol. The van der Waals surface area contributed by atoms with E-state index in [4.69, 9.17) is 34.8 Å². The van der Waals surface area contributed by atoms with Gasteiger partial charge in [-0.1, -0.05) is 23.7 Å². The number of thioether (sulfide) groups is 1. The summed E-state index contributed by atoms with van der Waals surface area (Å²) < 4.78 is 118. The van der Waals surface area contributed by atoms with Crippen LogP contribution in [0.25, 0.3) is 0 Å². The summed E-state index contributed by atoms with van der Waals surface area (Å²) in [5, 5.41) is 2.34. The van der Waals surface area contributed by atoms with E-state index in [9.17, 15) is 49.5 Å². The topological polar surface area (TPSA) is 63.2 Å². The smallest absolute Gasteiger partial charge is 0.326 e. The summed E-state index contributed by atoms with van der Waals surface area (Å²) in [5.74, 6) is -8.64. The Kier molecular flexibility index (Phi) is 12.0. The lowest BCUT2D eigenvalue weighted by molar-refractivity contribution is -0.140. The number of anilines is 1. The summed E-state index contributed by atoms with van der Waals surface area (Å²) >= 11 is 19.5. The average molecular weight is 779 g/mol. The van der Waals surface area contributed by atoms with Gasteiger partial charge in [-0.05, 0) is 47.5 Å². The molecule has 264 valence electrons. The van der Waals surface area contributed by atoms with Crippen molar-refractivity contribution in [3.63, 3.8) is 0 Å². The van der Waals surface area contributed by atoms with Crippen LogP contribution in [0.2, 0.25) is 5.02 Å². The monoisotopic (exact) mass is 777 g/mol. The van der Waals surface area contributed by atoms with Gasteiger partial charge in [0.25, 0.3) is 0 Å². The first-order valence-corrected chi connectivity index (χ1v) is 16.5. The van der Waals surface area contributed by atoms with Crippen molar-refractivity contribution in [3.05, 3.63) is 98.8 Å². The van der Waals surface area contributed by atoms with Gasteiger partial charge in [-0.25, -0.2) is 13.2 Å². The number of carbonyl (C=O) groups is 3. The zero-order valence-corrected chi connectivity index (χ0v) is 27.8. The molecule has 1 aliphatic rings. The maximum atomic E-state index is 15.3. The highest BCUT2D eigenvalue weighted by Crippen LogP contribution is 2.65. The minimum atomic E-state index is -5.01. The summed E-state index contributed by atoms with van der Waals surface area (Å²) in [6, 6.07) is 7.66. The molecule has 0 heterocycles. The molecule has 1 amide bonds. The van der Waals surface area contributed by atoms with Crippen LogP contribution in [0.4, 0.5) is 45.2 Å². The van der Waals surface area contributed by atoms with Gasteiger partial charge in [0.05, 0.1) is 22.9 Å². The van der Waals surface area contributed by atoms with Gasteiger partial charge in [0.2, 0.25) is 5.91 Å². The fourth-order valence-corrected chi connectivity index (χ4v) is 7.04. The normalized spacial score (nSPS) is 17.1. The third-order valence-corrected chi connectivity index (χ3v) is 9.83. The number of hydrogen-bond acceptors (Lipinski definition) is 4. The Hall–Kier alpha value is -2.94. The molecule has 0 saturated heterocycles. The van der Waals surface area contributed by atoms with Crippen LogP contribution >= 0.6 is 46.6 Å². The first-order valence-electron chi connectivity index (χ1n) is 14.2. The van der Waals surface area contributed by atoms with Crippen LogP contribution in [0.5, 0.6) is 0 Å². The van der Waals surface area contributed by atoms with Crippen molar-refractivity contribution >= 4 is 69.7 Å². The highest BCUT2D eigenvalue weighted by molar-refractivity contribution is 7.99. The van der Waals surface area contributed by atoms with Crippen molar-refractivity contribution in [2.75, 3.05) is 16.8 Å². The molecule has 0 aromatic heterocycles. The average Bonchev–Trinajstić information content (AvgIpc) is 3.58. The van der Waals surface area contributed by atoms with Crippen LogP contribution in [0.1, 0.15) is 51.4 Å². The van der Waals surface area contributed by atoms with Gasteiger partial charge < -0.3 is 5.32 Å². The Bertz CT molecular complexity index is 1770. The van der Waals surface area contributed by atoms with Crippen LogP contribution in [-0.4, -0.2) is 39.5 Å². The van der Waals surface area contributed by atoms with E-state index in [-0.39, 0.29) is 45.3 Å². The number of nitrogens with one attached hydrogen (secondary N) is 1. The maximum absolute atomic E-state index is 15.3. The molecule has 4 rings (SSSR count). The van der Waals surface area contributed by atoms with Crippen molar-refractivity contribution in [3.8, 4) is 0 Å². The minimum absolute atomic E-state index is 0.0124. The number of amides is 1. The molecule has 0 bridgehead atoms. The number of benzene rings is 3. The van der Waals surface area contributed by atoms with Gasteiger partial charge in [0.1, 0.15) is 27.6 Å². The number of Topliss-reactive ketones (excluding diaryl/α,β-unsaturated/α-hetero) is 2. The second-order valence-corrected chi connectivity index (χ2v) is 14.2. The van der Waals surface area contributed by atoms with Gasteiger partial charge in [-0.2, -0.15) is 38.1 Å². The van der Waals surface area contributed by atoms with E-state index in [1.54, 1.807) is 0 Å². The van der Waals surface area contributed by atoms with E-state index in [1.165, 1.54) is 12.1 Å². The Morgan fingerprint density at radius 1 is 0.857 bits per heavy atom. The summed E-state index contributed by atoms with van der Waals surface area (Å²) in [6.07, 6.45) is -12.0. The second-order valence-electron chi connectivity index (χ2n) is 11.1. The molecule has 3 aromatic rings. The molecule has 4 nitrogen and oxygen atoms in total. The van der Waals surface area contributed by atoms with Crippen molar-refractivity contribution in [1.29, 1.82) is 0 Å². The number of halogens is 12. The van der Waals surface area contributed by atoms with Crippen LogP contribution in [0.3, 0.4) is 0 Å². The molecule has 0 spiro atoms. The quantitative estimate of drug-likeness (QED) is 0.0813. The zero-order chi connectivity index (χ0) is 36.5. The standard InChI is InChI=1S/C32H23Cl3F9NO3S/c33-22-4-3-17(45-29(48)27-26(31(27,34)35)15-1-6-24(37)21(11-15)32(42,43)44)13-19(22)25(47)12-16-2-5-23(36)20(28(16)38)14-18(46)7-9-49-10-8-30(39,40)41/h1-6,11,13,26-27H,7-10,12,14H2,(H,45,48)/t26-,27+/m0/s1. The van der Waals surface area contributed by atoms with E-state index in [2.05, 4.69) is 5.32 Å². The summed E-state index contributed by atoms with van der Waals surface area (Å²) in [5.41, 5.74) is -2.80. The minimum Gasteiger partial charge on any atom is -0.326 e. The SMILES string of the molecule is O=C(CCSCCC(F)(F)F)Cc1c(F)ccc(CC(=O)c2cc(NC(=O)[C@H]3[C@H](c4ccc(F)c(C(F)(F)F)c4)C3(Cl)Cl)ccc2Cl)c1F. The fraction of sp³-hybridized carbons (Fsp3) is 0.344. The maximum Gasteiger partial charge on any atom is 0.419 e. The zero-order valence-electron chi connectivity index (χ0n) is 24.7. The van der Waals surface area contributed by atoms with Crippen LogP contribution < -0.4 is 5.32 Å². The predicted octanol–water partition coefficient (Wildman–Crippen LogP) is 9.91. The molecule has 3 aromatic carbocycles. The summed E-state index contributed by atoms with van der Waals surface area (Å²) in [7, 11) is 0. The molecule has 0 aliphatic heterocycles. The fourth-order valence-electron chi connectivity index (χ4n) is 5.03. The molecule has 1 saturated carbocycles. The Labute approximate surface area is 292 Å². The first-order chi connectivity index (χ1) is 22.7. The van der Waals surface area contributed by atoms with Gasteiger partial charge >= 0.3 is 12.4 Å². The Morgan fingerprint density at radius 3 is 2.18 bits per heavy atom. The first kappa shape index (κ1) is 38.9. The van der Waals surface area contributed by atoms with E-state index >= 15 is 4.39 Å². The molecular formula is C32H23Cl3F9NO3S. The van der Waals surface area contributed by atoms with Crippen LogP contribution in [0.15, 0.2) is 48.5 Å². The number of alkyl halides is 8. The lowest BCUT2D eigenvalue weighted by Crippen LogP contribution is -2.18. The molecule has 1 aliphatic carbocycles. The van der Waals surface area contributed by atoms with Gasteiger partial charge in [0, 0.05) is 53.5 Å².